The van der Waals surface area contributed by atoms with Crippen LogP contribution in [-0.2, 0) is 6.54 Å². The number of alkyl halides is 5. The molecule has 2 amide bonds. The number of carbonyl (C=O) groups is 1. The molecule has 10 heteroatoms. The highest BCUT2D eigenvalue weighted by atomic mass is 32.2. The topological polar surface area (TPSA) is 50.4 Å². The number of urea groups is 1. The summed E-state index contributed by atoms with van der Waals surface area (Å²) in [4.78, 5) is 11.8. The van der Waals surface area contributed by atoms with Crippen molar-refractivity contribution in [3.63, 3.8) is 0 Å². The molecule has 0 aromatic heterocycles. The maximum atomic E-state index is 12.2. The summed E-state index contributed by atoms with van der Waals surface area (Å²) in [6.07, 6.45) is 0. The van der Waals surface area contributed by atoms with Crippen molar-refractivity contribution in [1.29, 1.82) is 0 Å². The Bertz CT molecular complexity index is 721. The van der Waals surface area contributed by atoms with Crippen LogP contribution in [0.25, 0.3) is 0 Å². The Hall–Kier alpha value is -2.49. The van der Waals surface area contributed by atoms with Crippen molar-refractivity contribution >= 4 is 23.5 Å². The van der Waals surface area contributed by atoms with Crippen molar-refractivity contribution in [3.8, 4) is 5.75 Å². The second kappa shape index (κ2) is 8.75. The molecule has 2 rings (SSSR count). The Morgan fingerprint density at radius 1 is 1.04 bits per heavy atom. The molecule has 0 heterocycles. The predicted octanol–water partition coefficient (Wildman–Crippen LogP) is 5.22. The van der Waals surface area contributed by atoms with Gasteiger partial charge in [-0.2, -0.15) is 22.0 Å². The Morgan fingerprint density at radius 3 is 2.19 bits per heavy atom. The van der Waals surface area contributed by atoms with Crippen LogP contribution in [-0.4, -0.2) is 18.2 Å². The molecule has 0 saturated heterocycles. The molecule has 0 atom stereocenters. The number of hydrogen-bond donors (Lipinski definition) is 2. The lowest BCUT2D eigenvalue weighted by Gasteiger charge is -2.10. The quantitative estimate of drug-likeness (QED) is 0.523. The van der Waals surface area contributed by atoms with E-state index in [1.165, 1.54) is 48.5 Å². The number of halogens is 5. The van der Waals surface area contributed by atoms with Crippen LogP contribution in [0.4, 0.5) is 32.4 Å². The molecule has 0 aliphatic heterocycles. The lowest BCUT2D eigenvalue weighted by Crippen LogP contribution is -2.28. The van der Waals surface area contributed by atoms with Crippen molar-refractivity contribution < 1.29 is 31.5 Å². The minimum absolute atomic E-state index is 0.00465. The minimum atomic E-state index is -4.37. The Kier molecular flexibility index (Phi) is 6.67. The number of benzene rings is 2. The first-order valence-corrected chi connectivity index (χ1v) is 7.97. The molecular formula is C16H13F5N2O2S. The zero-order valence-electron chi connectivity index (χ0n) is 13.0. The molecule has 0 bridgehead atoms. The van der Waals surface area contributed by atoms with E-state index in [0.717, 1.165) is 0 Å². The average molecular weight is 392 g/mol. The number of thioether (sulfide) groups is 1. The summed E-state index contributed by atoms with van der Waals surface area (Å²) in [5, 5.41) is 5.01. The summed E-state index contributed by atoms with van der Waals surface area (Å²) in [6, 6.07) is 10.4. The van der Waals surface area contributed by atoms with E-state index in [0.29, 0.717) is 11.3 Å². The van der Waals surface area contributed by atoms with Crippen LogP contribution < -0.4 is 15.4 Å². The van der Waals surface area contributed by atoms with Crippen LogP contribution in [0.2, 0.25) is 0 Å². The molecule has 0 radical (unpaired) electrons. The predicted molar refractivity (Wildman–Crippen MR) is 87.3 cm³/mol. The van der Waals surface area contributed by atoms with Crippen molar-refractivity contribution in [2.24, 2.45) is 0 Å². The van der Waals surface area contributed by atoms with E-state index in [1.807, 2.05) is 0 Å². The highest BCUT2D eigenvalue weighted by Gasteiger charge is 2.29. The van der Waals surface area contributed by atoms with Crippen LogP contribution in [0.3, 0.4) is 0 Å². The van der Waals surface area contributed by atoms with Crippen molar-refractivity contribution in [1.82, 2.24) is 5.32 Å². The van der Waals surface area contributed by atoms with Gasteiger partial charge in [-0.05, 0) is 53.7 Å². The van der Waals surface area contributed by atoms with E-state index in [9.17, 15) is 26.7 Å². The number of amides is 2. The molecule has 2 aromatic carbocycles. The Labute approximate surface area is 149 Å². The van der Waals surface area contributed by atoms with Gasteiger partial charge in [0.1, 0.15) is 5.75 Å². The highest BCUT2D eigenvalue weighted by Crippen LogP contribution is 2.37. The Balaban J connectivity index is 1.81. The molecule has 26 heavy (non-hydrogen) atoms. The third-order valence-electron chi connectivity index (χ3n) is 2.95. The van der Waals surface area contributed by atoms with Gasteiger partial charge >= 0.3 is 18.2 Å². The van der Waals surface area contributed by atoms with Gasteiger partial charge in [-0.25, -0.2) is 4.79 Å². The van der Waals surface area contributed by atoms with E-state index >= 15 is 0 Å². The first kappa shape index (κ1) is 19.8. The first-order chi connectivity index (χ1) is 12.2. The van der Waals surface area contributed by atoms with Crippen LogP contribution >= 0.6 is 11.8 Å². The smallest absolute Gasteiger partial charge is 0.435 e. The van der Waals surface area contributed by atoms with E-state index in [-0.39, 0.29) is 29.0 Å². The largest absolute Gasteiger partial charge is 0.446 e. The van der Waals surface area contributed by atoms with Gasteiger partial charge in [0.25, 0.3) is 0 Å². The summed E-state index contributed by atoms with van der Waals surface area (Å²) in [6.45, 7) is -2.78. The van der Waals surface area contributed by atoms with Gasteiger partial charge in [-0.3, -0.25) is 0 Å². The standard InChI is InChI=1S/C16H13F5N2O2S/c17-14(18)25-12-5-1-10(2-6-12)9-22-15(24)23-11-3-7-13(8-4-11)26-16(19,20)21/h1-8,14H,9H2,(H2,22,23,24). The third kappa shape index (κ3) is 7.18. The van der Waals surface area contributed by atoms with Crippen LogP contribution in [0.1, 0.15) is 5.56 Å². The molecule has 0 unspecified atom stereocenters. The average Bonchev–Trinajstić information content (AvgIpc) is 2.54. The fourth-order valence-corrected chi connectivity index (χ4v) is 2.43. The third-order valence-corrected chi connectivity index (χ3v) is 3.69. The summed E-state index contributed by atoms with van der Waals surface area (Å²) in [5.41, 5.74) is -3.39. The van der Waals surface area contributed by atoms with E-state index in [1.54, 1.807) is 0 Å². The second-order valence-corrected chi connectivity index (χ2v) is 6.04. The maximum Gasteiger partial charge on any atom is 0.446 e. The minimum Gasteiger partial charge on any atom is -0.435 e. The fourth-order valence-electron chi connectivity index (χ4n) is 1.89. The second-order valence-electron chi connectivity index (χ2n) is 4.90. The van der Waals surface area contributed by atoms with E-state index in [2.05, 4.69) is 15.4 Å². The van der Waals surface area contributed by atoms with E-state index < -0.39 is 18.2 Å². The number of anilines is 1. The zero-order valence-corrected chi connectivity index (χ0v) is 13.8. The molecular weight excluding hydrogens is 379 g/mol. The Morgan fingerprint density at radius 2 is 1.65 bits per heavy atom. The van der Waals surface area contributed by atoms with Crippen molar-refractivity contribution in [2.45, 2.75) is 23.6 Å². The van der Waals surface area contributed by atoms with Gasteiger partial charge < -0.3 is 15.4 Å². The van der Waals surface area contributed by atoms with Gasteiger partial charge in [0.05, 0.1) is 0 Å². The SMILES string of the molecule is O=C(NCc1ccc(OC(F)F)cc1)Nc1ccc(SC(F)(F)F)cc1. The van der Waals surface area contributed by atoms with Crippen molar-refractivity contribution in [2.75, 3.05) is 5.32 Å². The van der Waals surface area contributed by atoms with Gasteiger partial charge in [-0.15, -0.1) is 0 Å². The monoisotopic (exact) mass is 392 g/mol. The number of carbonyl (C=O) groups excluding carboxylic acids is 1. The van der Waals surface area contributed by atoms with Crippen molar-refractivity contribution in [3.05, 3.63) is 54.1 Å². The maximum absolute atomic E-state index is 12.2. The van der Waals surface area contributed by atoms with Gasteiger partial charge in [0, 0.05) is 17.1 Å². The molecule has 2 aromatic rings. The molecule has 0 fully saturated rings. The lowest BCUT2D eigenvalue weighted by molar-refractivity contribution is -0.0498. The first-order valence-electron chi connectivity index (χ1n) is 7.16. The molecule has 4 nitrogen and oxygen atoms in total. The zero-order chi connectivity index (χ0) is 19.2. The normalized spacial score (nSPS) is 11.3. The molecule has 0 aliphatic carbocycles. The summed E-state index contributed by atoms with van der Waals surface area (Å²) in [5.74, 6) is 0.00465. The number of nitrogens with one attached hydrogen (secondary N) is 2. The molecule has 0 aliphatic rings. The number of ether oxygens (including phenoxy) is 1. The number of hydrogen-bond acceptors (Lipinski definition) is 3. The summed E-state index contributed by atoms with van der Waals surface area (Å²) < 4.78 is 65.0. The van der Waals surface area contributed by atoms with E-state index in [4.69, 9.17) is 0 Å². The van der Waals surface area contributed by atoms with Crippen LogP contribution in [0.5, 0.6) is 5.75 Å². The molecule has 0 spiro atoms. The molecule has 140 valence electrons. The highest BCUT2D eigenvalue weighted by molar-refractivity contribution is 8.00. The van der Waals surface area contributed by atoms with Gasteiger partial charge in [0.15, 0.2) is 0 Å². The fraction of sp³-hybridized carbons (Fsp3) is 0.188. The molecule has 2 N–H and O–H groups in total. The van der Waals surface area contributed by atoms with Gasteiger partial charge in [0.2, 0.25) is 0 Å². The molecule has 0 saturated carbocycles. The summed E-state index contributed by atoms with van der Waals surface area (Å²) in [7, 11) is 0. The van der Waals surface area contributed by atoms with Crippen LogP contribution in [0, 0.1) is 0 Å². The number of rotatable bonds is 6. The van der Waals surface area contributed by atoms with Gasteiger partial charge in [-0.1, -0.05) is 12.1 Å². The lowest BCUT2D eigenvalue weighted by atomic mass is 10.2. The van der Waals surface area contributed by atoms with Crippen LogP contribution in [0.15, 0.2) is 53.4 Å². The summed E-state index contributed by atoms with van der Waals surface area (Å²) >= 11 is -0.245.